The highest BCUT2D eigenvalue weighted by molar-refractivity contribution is 5.48. The first-order valence-corrected chi connectivity index (χ1v) is 7.02. The van der Waals surface area contributed by atoms with Crippen molar-refractivity contribution < 1.29 is 9.47 Å². The van der Waals surface area contributed by atoms with Crippen molar-refractivity contribution in [2.45, 2.75) is 19.4 Å². The van der Waals surface area contributed by atoms with E-state index >= 15 is 0 Å². The predicted octanol–water partition coefficient (Wildman–Crippen LogP) is 3.07. The van der Waals surface area contributed by atoms with Crippen molar-refractivity contribution in [1.82, 2.24) is 0 Å². The standard InChI is InChI=1S/C17H19NO2/c1-2-19-14-8-6-12(7-9-14)16(18)15-5-3-4-13-10-11-20-17(13)15/h3-9,16H,2,10-11,18H2,1H3. The van der Waals surface area contributed by atoms with Gasteiger partial charge >= 0.3 is 0 Å². The van der Waals surface area contributed by atoms with Crippen molar-refractivity contribution >= 4 is 0 Å². The fourth-order valence-corrected chi connectivity index (χ4v) is 2.60. The number of benzene rings is 2. The van der Waals surface area contributed by atoms with Crippen molar-refractivity contribution in [3.05, 3.63) is 59.2 Å². The second-order valence-electron chi connectivity index (χ2n) is 4.91. The summed E-state index contributed by atoms with van der Waals surface area (Å²) in [6.07, 6.45) is 0.971. The van der Waals surface area contributed by atoms with E-state index in [0.29, 0.717) is 6.61 Å². The van der Waals surface area contributed by atoms with Gasteiger partial charge in [-0.3, -0.25) is 0 Å². The number of fused-ring (bicyclic) bond motifs is 1. The van der Waals surface area contributed by atoms with E-state index in [1.54, 1.807) is 0 Å². The van der Waals surface area contributed by atoms with Crippen LogP contribution in [0.1, 0.15) is 29.7 Å². The molecule has 3 heteroatoms. The van der Waals surface area contributed by atoms with Crippen molar-refractivity contribution in [2.24, 2.45) is 5.73 Å². The van der Waals surface area contributed by atoms with Crippen LogP contribution in [0.15, 0.2) is 42.5 Å². The maximum Gasteiger partial charge on any atom is 0.127 e. The number of hydrogen-bond donors (Lipinski definition) is 1. The van der Waals surface area contributed by atoms with Crippen LogP contribution >= 0.6 is 0 Å². The molecule has 0 aromatic heterocycles. The van der Waals surface area contributed by atoms with Gasteiger partial charge in [0.2, 0.25) is 0 Å². The Labute approximate surface area is 119 Å². The van der Waals surface area contributed by atoms with Crippen LogP contribution < -0.4 is 15.2 Å². The molecule has 0 saturated heterocycles. The van der Waals surface area contributed by atoms with Gasteiger partial charge in [0.05, 0.1) is 19.3 Å². The molecule has 3 rings (SSSR count). The molecule has 0 spiro atoms. The van der Waals surface area contributed by atoms with E-state index in [-0.39, 0.29) is 6.04 Å². The fourth-order valence-electron chi connectivity index (χ4n) is 2.60. The molecule has 0 aliphatic carbocycles. The second-order valence-corrected chi connectivity index (χ2v) is 4.91. The van der Waals surface area contributed by atoms with Crippen LogP contribution in [0.3, 0.4) is 0 Å². The Hall–Kier alpha value is -2.00. The zero-order valence-electron chi connectivity index (χ0n) is 11.6. The summed E-state index contributed by atoms with van der Waals surface area (Å²) in [5, 5.41) is 0. The molecule has 0 fully saturated rings. The maximum absolute atomic E-state index is 6.39. The average Bonchev–Trinajstić information content (AvgIpc) is 2.96. The van der Waals surface area contributed by atoms with Crippen molar-refractivity contribution in [1.29, 1.82) is 0 Å². The van der Waals surface area contributed by atoms with E-state index in [0.717, 1.165) is 35.7 Å². The highest BCUT2D eigenvalue weighted by atomic mass is 16.5. The normalized spacial score (nSPS) is 14.5. The number of nitrogens with two attached hydrogens (primary N) is 1. The molecule has 1 atom stereocenters. The molecule has 1 aliphatic heterocycles. The van der Waals surface area contributed by atoms with Crippen molar-refractivity contribution in [3.63, 3.8) is 0 Å². The van der Waals surface area contributed by atoms with Crippen LogP contribution in [0.25, 0.3) is 0 Å². The van der Waals surface area contributed by atoms with Gasteiger partial charge in [0, 0.05) is 12.0 Å². The zero-order chi connectivity index (χ0) is 13.9. The molecule has 0 radical (unpaired) electrons. The van der Waals surface area contributed by atoms with Gasteiger partial charge in [-0.1, -0.05) is 30.3 Å². The third-order valence-corrected chi connectivity index (χ3v) is 3.63. The lowest BCUT2D eigenvalue weighted by atomic mass is 9.96. The quantitative estimate of drug-likeness (QED) is 0.927. The molecule has 104 valence electrons. The Morgan fingerprint density at radius 1 is 1.20 bits per heavy atom. The Morgan fingerprint density at radius 2 is 2.00 bits per heavy atom. The Morgan fingerprint density at radius 3 is 2.75 bits per heavy atom. The van der Waals surface area contributed by atoms with E-state index in [9.17, 15) is 0 Å². The summed E-state index contributed by atoms with van der Waals surface area (Å²) >= 11 is 0. The minimum absolute atomic E-state index is 0.168. The van der Waals surface area contributed by atoms with Gasteiger partial charge in [-0.25, -0.2) is 0 Å². The first-order chi connectivity index (χ1) is 9.79. The summed E-state index contributed by atoms with van der Waals surface area (Å²) in [6, 6.07) is 14.0. The number of para-hydroxylation sites is 1. The summed E-state index contributed by atoms with van der Waals surface area (Å²) in [5.41, 5.74) is 9.77. The minimum atomic E-state index is -0.168. The summed E-state index contributed by atoms with van der Waals surface area (Å²) in [6.45, 7) is 3.40. The first-order valence-electron chi connectivity index (χ1n) is 7.02. The molecule has 2 aromatic carbocycles. The molecule has 2 N–H and O–H groups in total. The van der Waals surface area contributed by atoms with Crippen molar-refractivity contribution in [3.8, 4) is 11.5 Å². The molecule has 1 aliphatic rings. The molecule has 0 bridgehead atoms. The molecule has 0 amide bonds. The molecule has 1 unspecified atom stereocenters. The van der Waals surface area contributed by atoms with Gasteiger partial charge in [0.25, 0.3) is 0 Å². The van der Waals surface area contributed by atoms with Gasteiger partial charge in [-0.15, -0.1) is 0 Å². The number of hydrogen-bond acceptors (Lipinski definition) is 3. The van der Waals surface area contributed by atoms with E-state index in [4.69, 9.17) is 15.2 Å². The first kappa shape index (κ1) is 13.0. The monoisotopic (exact) mass is 269 g/mol. The van der Waals surface area contributed by atoms with E-state index in [1.165, 1.54) is 5.56 Å². The van der Waals surface area contributed by atoms with Crippen LogP contribution in [0.2, 0.25) is 0 Å². The van der Waals surface area contributed by atoms with Crippen LogP contribution in [0, 0.1) is 0 Å². The lowest BCUT2D eigenvalue weighted by Gasteiger charge is -2.16. The molecule has 1 heterocycles. The fraction of sp³-hybridized carbons (Fsp3) is 0.294. The second kappa shape index (κ2) is 5.55. The lowest BCUT2D eigenvalue weighted by molar-refractivity contribution is 0.340. The van der Waals surface area contributed by atoms with Gasteiger partial charge in [0.15, 0.2) is 0 Å². The third-order valence-electron chi connectivity index (χ3n) is 3.63. The van der Waals surface area contributed by atoms with Crippen LogP contribution in [-0.4, -0.2) is 13.2 Å². The average molecular weight is 269 g/mol. The smallest absolute Gasteiger partial charge is 0.127 e. The summed E-state index contributed by atoms with van der Waals surface area (Å²) in [7, 11) is 0. The molecule has 2 aromatic rings. The lowest BCUT2D eigenvalue weighted by Crippen LogP contribution is -2.13. The molecular formula is C17H19NO2. The highest BCUT2D eigenvalue weighted by Crippen LogP contribution is 2.35. The molecular weight excluding hydrogens is 250 g/mol. The topological polar surface area (TPSA) is 44.5 Å². The molecule has 20 heavy (non-hydrogen) atoms. The summed E-state index contributed by atoms with van der Waals surface area (Å²) in [5.74, 6) is 1.84. The summed E-state index contributed by atoms with van der Waals surface area (Å²) in [4.78, 5) is 0. The maximum atomic E-state index is 6.39. The van der Waals surface area contributed by atoms with E-state index in [1.807, 2.05) is 37.3 Å². The Balaban J connectivity index is 1.89. The zero-order valence-corrected chi connectivity index (χ0v) is 11.6. The third kappa shape index (κ3) is 2.37. The van der Waals surface area contributed by atoms with Crippen LogP contribution in [0.5, 0.6) is 11.5 Å². The van der Waals surface area contributed by atoms with Crippen LogP contribution in [-0.2, 0) is 6.42 Å². The SMILES string of the molecule is CCOc1ccc(C(N)c2cccc3c2OCC3)cc1. The summed E-state index contributed by atoms with van der Waals surface area (Å²) < 4.78 is 11.2. The Kier molecular flexibility index (Phi) is 3.61. The highest BCUT2D eigenvalue weighted by Gasteiger charge is 2.20. The number of rotatable bonds is 4. The van der Waals surface area contributed by atoms with Gasteiger partial charge < -0.3 is 15.2 Å². The van der Waals surface area contributed by atoms with E-state index < -0.39 is 0 Å². The van der Waals surface area contributed by atoms with Gasteiger partial charge in [0.1, 0.15) is 11.5 Å². The van der Waals surface area contributed by atoms with Crippen molar-refractivity contribution in [2.75, 3.05) is 13.2 Å². The van der Waals surface area contributed by atoms with Gasteiger partial charge in [-0.05, 0) is 30.2 Å². The molecule has 3 nitrogen and oxygen atoms in total. The van der Waals surface area contributed by atoms with E-state index in [2.05, 4.69) is 12.1 Å². The number of ether oxygens (including phenoxy) is 2. The van der Waals surface area contributed by atoms with Crippen LogP contribution in [0.4, 0.5) is 0 Å². The molecule has 0 saturated carbocycles. The Bertz CT molecular complexity index is 592. The predicted molar refractivity (Wildman–Crippen MR) is 79.3 cm³/mol. The minimum Gasteiger partial charge on any atom is -0.494 e. The largest absolute Gasteiger partial charge is 0.494 e. The van der Waals surface area contributed by atoms with Gasteiger partial charge in [-0.2, -0.15) is 0 Å².